The first-order valence-corrected chi connectivity index (χ1v) is 14.7. The molecule has 4 aromatic rings. The number of rotatable bonds is 9. The van der Waals surface area contributed by atoms with Crippen LogP contribution in [0.2, 0.25) is 0 Å². The summed E-state index contributed by atoms with van der Waals surface area (Å²) in [5, 5.41) is 5.61. The number of hydrogen-bond donors (Lipinski definition) is 2. The Morgan fingerprint density at radius 1 is 1.03 bits per heavy atom. The lowest BCUT2D eigenvalue weighted by atomic mass is 10.1. The predicted molar refractivity (Wildman–Crippen MR) is 133 cm³/mol. The Hall–Kier alpha value is -3.33. The number of thiazole rings is 1. The van der Waals surface area contributed by atoms with E-state index < -0.39 is 48.3 Å². The second-order valence-electron chi connectivity index (χ2n) is 7.83. The zero-order valence-corrected chi connectivity index (χ0v) is 21.0. The van der Waals surface area contributed by atoms with Crippen LogP contribution < -0.4 is 10.5 Å². The van der Waals surface area contributed by atoms with Gasteiger partial charge in [0.15, 0.2) is 15.1 Å². The van der Waals surface area contributed by atoms with Crippen molar-refractivity contribution < 1.29 is 26.0 Å². The van der Waals surface area contributed by atoms with E-state index >= 15 is 0 Å². The first kappa shape index (κ1) is 25.8. The number of carbonyl (C=O) groups excluding carboxylic acids is 1. The number of aromatic nitrogens is 3. The summed E-state index contributed by atoms with van der Waals surface area (Å²) in [6.07, 6.45) is 4.66. The molecule has 3 N–H and O–H groups in total. The van der Waals surface area contributed by atoms with Gasteiger partial charge < -0.3 is 5.32 Å². The minimum absolute atomic E-state index is 0.0154. The molecule has 2 heterocycles. The number of sulfonamides is 1. The SMILES string of the molecule is NS(=O)(=O)CCNC(=O)C(c1nc2ccc(-c3cncnc3)cc2s1)S(=O)(=O)Cc1ccc(F)cc1. The molecule has 2 aromatic heterocycles. The third-order valence-electron chi connectivity index (χ3n) is 5.09. The molecule has 0 aliphatic heterocycles. The molecule has 0 saturated carbocycles. The lowest BCUT2D eigenvalue weighted by Crippen LogP contribution is -2.37. The van der Waals surface area contributed by atoms with Crippen LogP contribution in [-0.4, -0.2) is 50.0 Å². The van der Waals surface area contributed by atoms with Gasteiger partial charge in [-0.15, -0.1) is 11.3 Å². The molecule has 14 heteroatoms. The van der Waals surface area contributed by atoms with Crippen molar-refractivity contribution in [1.82, 2.24) is 20.3 Å². The molecule has 10 nitrogen and oxygen atoms in total. The molecule has 1 unspecified atom stereocenters. The van der Waals surface area contributed by atoms with E-state index in [0.717, 1.165) is 34.6 Å². The second-order valence-corrected chi connectivity index (χ2v) is 12.7. The van der Waals surface area contributed by atoms with Gasteiger partial charge in [-0.25, -0.2) is 41.3 Å². The molecule has 0 spiro atoms. The number of nitrogens with zero attached hydrogens (tertiary/aromatic N) is 3. The monoisotopic (exact) mass is 549 g/mol. The number of primary sulfonamides is 1. The summed E-state index contributed by atoms with van der Waals surface area (Å²) in [5.41, 5.74) is 2.29. The summed E-state index contributed by atoms with van der Waals surface area (Å²) >= 11 is 1.03. The molecule has 4 rings (SSSR count). The van der Waals surface area contributed by atoms with Crippen LogP contribution in [-0.2, 0) is 30.4 Å². The molecule has 0 bridgehead atoms. The third kappa shape index (κ3) is 6.26. The average molecular weight is 550 g/mol. The largest absolute Gasteiger partial charge is 0.354 e. The van der Waals surface area contributed by atoms with Crippen LogP contribution in [0.25, 0.3) is 21.3 Å². The number of hydrogen-bond acceptors (Lipinski definition) is 9. The number of fused-ring (bicyclic) bond motifs is 1. The number of benzene rings is 2. The molecular formula is C22H20FN5O5S3. The maximum atomic E-state index is 13.4. The van der Waals surface area contributed by atoms with Gasteiger partial charge in [-0.3, -0.25) is 4.79 Å². The Bertz CT molecular complexity index is 1610. The summed E-state index contributed by atoms with van der Waals surface area (Å²) in [5.74, 6) is -2.58. The van der Waals surface area contributed by atoms with E-state index in [1.807, 2.05) is 0 Å². The summed E-state index contributed by atoms with van der Waals surface area (Å²) in [6, 6.07) is 10.1. The van der Waals surface area contributed by atoms with E-state index in [2.05, 4.69) is 20.3 Å². The molecule has 36 heavy (non-hydrogen) atoms. The molecule has 2 aromatic carbocycles. The Balaban J connectivity index is 1.71. The van der Waals surface area contributed by atoms with E-state index in [1.165, 1.54) is 18.5 Å². The van der Waals surface area contributed by atoms with Gasteiger partial charge in [0.05, 0.1) is 21.7 Å². The van der Waals surface area contributed by atoms with Crippen molar-refractivity contribution in [3.8, 4) is 11.1 Å². The summed E-state index contributed by atoms with van der Waals surface area (Å²) < 4.78 is 63.2. The minimum atomic E-state index is -4.20. The van der Waals surface area contributed by atoms with Crippen molar-refractivity contribution in [3.63, 3.8) is 0 Å². The van der Waals surface area contributed by atoms with Gasteiger partial charge in [0.1, 0.15) is 17.2 Å². The Morgan fingerprint density at radius 2 is 1.72 bits per heavy atom. The van der Waals surface area contributed by atoms with E-state index in [4.69, 9.17) is 5.14 Å². The molecular weight excluding hydrogens is 529 g/mol. The van der Waals surface area contributed by atoms with Gasteiger partial charge in [-0.1, -0.05) is 18.2 Å². The smallest absolute Gasteiger partial charge is 0.245 e. The molecule has 0 aliphatic rings. The van der Waals surface area contributed by atoms with Crippen molar-refractivity contribution in [3.05, 3.63) is 77.6 Å². The average Bonchev–Trinajstić information content (AvgIpc) is 3.22. The maximum absolute atomic E-state index is 13.4. The van der Waals surface area contributed by atoms with Gasteiger partial charge in [-0.05, 0) is 35.4 Å². The van der Waals surface area contributed by atoms with E-state index in [1.54, 1.807) is 30.6 Å². The van der Waals surface area contributed by atoms with Gasteiger partial charge in [0, 0.05) is 24.5 Å². The quantitative estimate of drug-likeness (QED) is 0.320. The fourth-order valence-electron chi connectivity index (χ4n) is 3.42. The van der Waals surface area contributed by atoms with Gasteiger partial charge in [0.25, 0.3) is 0 Å². The Labute approximate surface area is 210 Å². The topological polar surface area (TPSA) is 162 Å². The van der Waals surface area contributed by atoms with Crippen molar-refractivity contribution >= 4 is 47.3 Å². The van der Waals surface area contributed by atoms with E-state index in [9.17, 15) is 26.0 Å². The second kappa shape index (κ2) is 10.3. The lowest BCUT2D eigenvalue weighted by Gasteiger charge is -2.15. The van der Waals surface area contributed by atoms with Crippen LogP contribution >= 0.6 is 11.3 Å². The molecule has 188 valence electrons. The third-order valence-corrected chi connectivity index (χ3v) is 8.98. The first-order chi connectivity index (χ1) is 17.0. The van der Waals surface area contributed by atoms with Gasteiger partial charge in [-0.2, -0.15) is 0 Å². The standard InChI is InChI=1S/C22H20FN5O5S3/c23-17-4-1-14(2-5-17)12-35(30,31)20(21(29)27-7-8-36(24,32)33)22-28-18-6-3-15(9-19(18)34-22)16-10-25-13-26-11-16/h1-6,9-11,13,20H,7-8,12H2,(H,27,29)(H2,24,32,33). The fourth-order valence-corrected chi connectivity index (χ4v) is 6.97. The van der Waals surface area contributed by atoms with Gasteiger partial charge in [0.2, 0.25) is 15.9 Å². The van der Waals surface area contributed by atoms with E-state index in [-0.39, 0.29) is 17.1 Å². The van der Waals surface area contributed by atoms with Crippen LogP contribution in [0.1, 0.15) is 15.8 Å². The number of halogens is 1. The van der Waals surface area contributed by atoms with Crippen LogP contribution in [0.4, 0.5) is 4.39 Å². The van der Waals surface area contributed by atoms with Crippen molar-refractivity contribution in [2.45, 2.75) is 11.0 Å². The zero-order chi connectivity index (χ0) is 25.9. The number of sulfone groups is 1. The highest BCUT2D eigenvalue weighted by Gasteiger charge is 2.37. The fraction of sp³-hybridized carbons (Fsp3) is 0.182. The number of nitrogens with one attached hydrogen (secondary N) is 1. The molecule has 0 saturated heterocycles. The lowest BCUT2D eigenvalue weighted by molar-refractivity contribution is -0.120. The molecule has 0 aliphatic carbocycles. The van der Waals surface area contributed by atoms with Crippen molar-refractivity contribution in [2.75, 3.05) is 12.3 Å². The number of amides is 1. The van der Waals surface area contributed by atoms with Crippen LogP contribution in [0, 0.1) is 5.82 Å². The van der Waals surface area contributed by atoms with Gasteiger partial charge >= 0.3 is 0 Å². The first-order valence-electron chi connectivity index (χ1n) is 10.4. The molecule has 1 atom stereocenters. The van der Waals surface area contributed by atoms with Crippen LogP contribution in [0.5, 0.6) is 0 Å². The maximum Gasteiger partial charge on any atom is 0.245 e. The van der Waals surface area contributed by atoms with E-state index in [0.29, 0.717) is 10.2 Å². The summed E-state index contributed by atoms with van der Waals surface area (Å²) in [7, 11) is -8.08. The molecule has 1 amide bonds. The van der Waals surface area contributed by atoms with Crippen LogP contribution in [0.3, 0.4) is 0 Å². The highest BCUT2D eigenvalue weighted by molar-refractivity contribution is 7.91. The highest BCUT2D eigenvalue weighted by Crippen LogP contribution is 2.34. The minimum Gasteiger partial charge on any atom is -0.354 e. The summed E-state index contributed by atoms with van der Waals surface area (Å²) in [6.45, 7) is -0.372. The van der Waals surface area contributed by atoms with Crippen molar-refractivity contribution in [1.29, 1.82) is 0 Å². The molecule has 0 radical (unpaired) electrons. The van der Waals surface area contributed by atoms with Crippen LogP contribution in [0.15, 0.2) is 61.2 Å². The Kier molecular flexibility index (Phi) is 7.40. The van der Waals surface area contributed by atoms with Crippen molar-refractivity contribution in [2.24, 2.45) is 5.14 Å². The summed E-state index contributed by atoms with van der Waals surface area (Å²) in [4.78, 5) is 25.4. The number of nitrogens with two attached hydrogens (primary N) is 1. The zero-order valence-electron chi connectivity index (χ0n) is 18.5. The normalized spacial score (nSPS) is 12.9. The highest BCUT2D eigenvalue weighted by atomic mass is 32.2. The number of carbonyl (C=O) groups is 1. The molecule has 0 fully saturated rings. The Morgan fingerprint density at radius 3 is 2.39 bits per heavy atom. The predicted octanol–water partition coefficient (Wildman–Crippen LogP) is 1.95.